The van der Waals surface area contributed by atoms with Crippen molar-refractivity contribution in [1.82, 2.24) is 25.1 Å². The van der Waals surface area contributed by atoms with Crippen molar-refractivity contribution in [3.8, 4) is 0 Å². The topological polar surface area (TPSA) is 84.7 Å². The molecule has 0 bridgehead atoms. The Morgan fingerprint density at radius 2 is 2.20 bits per heavy atom. The minimum Gasteiger partial charge on any atom is -0.376 e. The first-order valence-electron chi connectivity index (χ1n) is 9.05. The molecule has 8 heteroatoms. The molecule has 0 aromatic carbocycles. The molecular formula is C17H26N6O2. The summed E-state index contributed by atoms with van der Waals surface area (Å²) in [6.07, 6.45) is 3.13. The molecule has 3 rings (SSSR count). The smallest absolute Gasteiger partial charge is 0.220 e. The quantitative estimate of drug-likeness (QED) is 0.773. The molecule has 0 radical (unpaired) electrons. The van der Waals surface area contributed by atoms with Crippen molar-refractivity contribution in [2.24, 2.45) is 0 Å². The van der Waals surface area contributed by atoms with E-state index in [1.165, 1.54) is 0 Å². The lowest BCUT2D eigenvalue weighted by Gasteiger charge is -2.19. The van der Waals surface area contributed by atoms with Crippen LogP contribution in [0.4, 0.5) is 5.82 Å². The van der Waals surface area contributed by atoms with Gasteiger partial charge in [-0.05, 0) is 38.8 Å². The Balaban J connectivity index is 1.60. The fourth-order valence-corrected chi connectivity index (χ4v) is 3.04. The number of amides is 1. The van der Waals surface area contributed by atoms with Crippen LogP contribution in [0.2, 0.25) is 0 Å². The molecule has 2 aromatic rings. The van der Waals surface area contributed by atoms with Gasteiger partial charge in [-0.25, -0.2) is 0 Å². The Morgan fingerprint density at radius 3 is 2.92 bits per heavy atom. The van der Waals surface area contributed by atoms with Gasteiger partial charge >= 0.3 is 0 Å². The molecule has 2 aromatic heterocycles. The second kappa shape index (κ2) is 8.24. The van der Waals surface area contributed by atoms with Crippen LogP contribution in [-0.2, 0) is 16.0 Å². The van der Waals surface area contributed by atoms with Gasteiger partial charge in [-0.3, -0.25) is 4.79 Å². The summed E-state index contributed by atoms with van der Waals surface area (Å²) in [4.78, 5) is 14.2. The molecule has 8 nitrogen and oxygen atoms in total. The van der Waals surface area contributed by atoms with Crippen molar-refractivity contribution in [2.45, 2.75) is 45.6 Å². The van der Waals surface area contributed by atoms with E-state index in [1.54, 1.807) is 4.52 Å². The van der Waals surface area contributed by atoms with E-state index < -0.39 is 0 Å². The number of carbonyl (C=O) groups is 1. The van der Waals surface area contributed by atoms with E-state index in [1.807, 2.05) is 12.1 Å². The van der Waals surface area contributed by atoms with Gasteiger partial charge in [0.1, 0.15) is 5.82 Å². The maximum atomic E-state index is 12.0. The van der Waals surface area contributed by atoms with Crippen molar-refractivity contribution in [3.63, 3.8) is 0 Å². The third-order valence-corrected chi connectivity index (χ3v) is 4.53. The Bertz CT molecular complexity index is 706. The summed E-state index contributed by atoms with van der Waals surface area (Å²) in [6.45, 7) is 7.36. The normalized spacial score (nSPS) is 17.1. The molecule has 25 heavy (non-hydrogen) atoms. The average Bonchev–Trinajstić information content (AvgIpc) is 3.29. The maximum Gasteiger partial charge on any atom is 0.220 e. The number of hydrogen-bond donors (Lipinski definition) is 1. The second-order valence-corrected chi connectivity index (χ2v) is 6.19. The number of aromatic nitrogens is 4. The lowest BCUT2D eigenvalue weighted by Crippen LogP contribution is -2.32. The fourth-order valence-electron chi connectivity index (χ4n) is 3.04. The SMILES string of the molecule is CCN(CC)c1ccc2nnc(CCC(=O)NCC3CCCO3)n2n1. The number of aryl methyl sites for hydroxylation is 1. The molecule has 1 aliphatic rings. The van der Waals surface area contributed by atoms with E-state index in [0.717, 1.165) is 38.4 Å². The van der Waals surface area contributed by atoms with E-state index in [4.69, 9.17) is 4.74 Å². The highest BCUT2D eigenvalue weighted by Crippen LogP contribution is 2.13. The van der Waals surface area contributed by atoms with Gasteiger partial charge in [-0.15, -0.1) is 15.3 Å². The molecule has 1 aliphatic heterocycles. The standard InChI is InChI=1S/C17H26N6O2/c1-3-22(4-2)16-8-7-14-19-20-15(23(14)21-16)9-10-17(24)18-12-13-6-5-11-25-13/h7-8,13H,3-6,9-12H2,1-2H3,(H,18,24). The van der Waals surface area contributed by atoms with Crippen LogP contribution >= 0.6 is 0 Å². The molecule has 0 aliphatic carbocycles. The van der Waals surface area contributed by atoms with Crippen LogP contribution in [0.3, 0.4) is 0 Å². The summed E-state index contributed by atoms with van der Waals surface area (Å²) in [5.41, 5.74) is 0.700. The first-order chi connectivity index (χ1) is 12.2. The molecule has 1 atom stereocenters. The van der Waals surface area contributed by atoms with E-state index in [0.29, 0.717) is 30.9 Å². The highest BCUT2D eigenvalue weighted by molar-refractivity contribution is 5.76. The third-order valence-electron chi connectivity index (χ3n) is 4.53. The largest absolute Gasteiger partial charge is 0.376 e. The molecule has 0 spiro atoms. The zero-order valence-corrected chi connectivity index (χ0v) is 14.9. The van der Waals surface area contributed by atoms with E-state index in [2.05, 4.69) is 39.4 Å². The molecule has 1 N–H and O–H groups in total. The first kappa shape index (κ1) is 17.6. The summed E-state index contributed by atoms with van der Waals surface area (Å²) >= 11 is 0. The summed E-state index contributed by atoms with van der Waals surface area (Å²) in [5.74, 6) is 1.60. The number of carbonyl (C=O) groups excluding carboxylic acids is 1. The molecular weight excluding hydrogens is 320 g/mol. The van der Waals surface area contributed by atoms with E-state index in [9.17, 15) is 4.79 Å². The number of fused-ring (bicyclic) bond motifs is 1. The highest BCUT2D eigenvalue weighted by atomic mass is 16.5. The van der Waals surface area contributed by atoms with Crippen LogP contribution in [0.5, 0.6) is 0 Å². The van der Waals surface area contributed by atoms with Crippen LogP contribution in [-0.4, -0.2) is 58.1 Å². The van der Waals surface area contributed by atoms with Gasteiger partial charge in [0.25, 0.3) is 0 Å². The Morgan fingerprint density at radius 1 is 1.36 bits per heavy atom. The van der Waals surface area contributed by atoms with Crippen molar-refractivity contribution < 1.29 is 9.53 Å². The van der Waals surface area contributed by atoms with Gasteiger partial charge in [-0.1, -0.05) is 0 Å². The molecule has 136 valence electrons. The van der Waals surface area contributed by atoms with Gasteiger partial charge in [0.05, 0.1) is 6.10 Å². The zero-order valence-electron chi connectivity index (χ0n) is 14.9. The zero-order chi connectivity index (χ0) is 17.6. The molecule has 0 saturated carbocycles. The third kappa shape index (κ3) is 4.25. The minimum atomic E-state index is 0.00662. The molecule has 1 fully saturated rings. The van der Waals surface area contributed by atoms with E-state index >= 15 is 0 Å². The lowest BCUT2D eigenvalue weighted by atomic mass is 10.2. The van der Waals surface area contributed by atoms with Crippen LogP contribution in [0.25, 0.3) is 5.65 Å². The second-order valence-electron chi connectivity index (χ2n) is 6.19. The summed E-state index contributed by atoms with van der Waals surface area (Å²) in [5, 5.41) is 15.9. The van der Waals surface area contributed by atoms with Crippen LogP contribution < -0.4 is 10.2 Å². The Hall–Kier alpha value is -2.22. The maximum absolute atomic E-state index is 12.0. The number of rotatable bonds is 8. The molecule has 3 heterocycles. The molecule has 1 amide bonds. The average molecular weight is 346 g/mol. The van der Waals surface area contributed by atoms with Gasteiger partial charge in [0, 0.05) is 39.1 Å². The predicted molar refractivity (Wildman–Crippen MR) is 94.6 cm³/mol. The number of nitrogens with one attached hydrogen (secondary N) is 1. The number of ether oxygens (including phenoxy) is 1. The van der Waals surface area contributed by atoms with Gasteiger partial charge < -0.3 is 15.0 Å². The summed E-state index contributed by atoms with van der Waals surface area (Å²) in [7, 11) is 0. The number of anilines is 1. The van der Waals surface area contributed by atoms with Gasteiger partial charge in [0.15, 0.2) is 11.5 Å². The van der Waals surface area contributed by atoms with Crippen LogP contribution in [0, 0.1) is 0 Å². The van der Waals surface area contributed by atoms with Crippen molar-refractivity contribution in [1.29, 1.82) is 0 Å². The molecule has 1 unspecified atom stereocenters. The number of hydrogen-bond acceptors (Lipinski definition) is 6. The van der Waals surface area contributed by atoms with Crippen LogP contribution in [0.1, 0.15) is 38.9 Å². The summed E-state index contributed by atoms with van der Waals surface area (Å²) in [6, 6.07) is 3.86. The van der Waals surface area contributed by atoms with Gasteiger partial charge in [0.2, 0.25) is 5.91 Å². The highest BCUT2D eigenvalue weighted by Gasteiger charge is 2.17. The molecule has 1 saturated heterocycles. The first-order valence-corrected chi connectivity index (χ1v) is 9.05. The monoisotopic (exact) mass is 346 g/mol. The predicted octanol–water partition coefficient (Wildman–Crippen LogP) is 1.20. The Labute approximate surface area is 147 Å². The van der Waals surface area contributed by atoms with Crippen molar-refractivity contribution >= 4 is 17.4 Å². The fraction of sp³-hybridized carbons (Fsp3) is 0.647. The minimum absolute atomic E-state index is 0.00662. The summed E-state index contributed by atoms with van der Waals surface area (Å²) < 4.78 is 7.25. The van der Waals surface area contributed by atoms with Crippen LogP contribution in [0.15, 0.2) is 12.1 Å². The van der Waals surface area contributed by atoms with Crippen molar-refractivity contribution in [2.75, 3.05) is 31.1 Å². The Kier molecular flexibility index (Phi) is 5.80. The lowest BCUT2D eigenvalue weighted by molar-refractivity contribution is -0.121. The van der Waals surface area contributed by atoms with Gasteiger partial charge in [-0.2, -0.15) is 4.52 Å². The van der Waals surface area contributed by atoms with E-state index in [-0.39, 0.29) is 12.0 Å². The number of nitrogens with zero attached hydrogens (tertiary/aromatic N) is 5. The van der Waals surface area contributed by atoms with Crippen molar-refractivity contribution in [3.05, 3.63) is 18.0 Å².